The third kappa shape index (κ3) is 1.36. The first-order valence-corrected chi connectivity index (χ1v) is 6.08. The number of aliphatic hydroxyl groups is 1. The van der Waals surface area contributed by atoms with Gasteiger partial charge in [-0.05, 0) is 17.7 Å². The Hall–Kier alpha value is -1.33. The lowest BCUT2D eigenvalue weighted by molar-refractivity contribution is 0.258. The SMILES string of the molecule is O=c1c(O)cc2ccc(Br)c3c2n1CC3CO. The predicted octanol–water partition coefficient (Wildman–Crippen LogP) is 1.56. The summed E-state index contributed by atoms with van der Waals surface area (Å²) >= 11 is 3.45. The highest BCUT2D eigenvalue weighted by molar-refractivity contribution is 9.10. The van der Waals surface area contributed by atoms with Crippen LogP contribution in [0.1, 0.15) is 11.5 Å². The van der Waals surface area contributed by atoms with Crippen LogP contribution in [0.4, 0.5) is 0 Å². The number of nitrogens with zero attached hydrogens (tertiary/aromatic N) is 1. The first-order chi connectivity index (χ1) is 8.13. The molecule has 1 aromatic carbocycles. The molecule has 1 unspecified atom stereocenters. The Morgan fingerprint density at radius 2 is 2.24 bits per heavy atom. The van der Waals surface area contributed by atoms with E-state index in [2.05, 4.69) is 15.9 Å². The van der Waals surface area contributed by atoms with Crippen LogP contribution >= 0.6 is 15.9 Å². The van der Waals surface area contributed by atoms with Crippen LogP contribution in [0.3, 0.4) is 0 Å². The summed E-state index contributed by atoms with van der Waals surface area (Å²) in [5.41, 5.74) is 1.36. The van der Waals surface area contributed by atoms with E-state index in [1.807, 2.05) is 12.1 Å². The molecule has 4 nitrogen and oxygen atoms in total. The molecule has 0 saturated carbocycles. The van der Waals surface area contributed by atoms with Crippen LogP contribution in [0.15, 0.2) is 27.5 Å². The minimum Gasteiger partial charge on any atom is -0.503 e. The van der Waals surface area contributed by atoms with Crippen molar-refractivity contribution >= 4 is 26.8 Å². The Labute approximate surface area is 105 Å². The molecule has 0 aliphatic carbocycles. The largest absolute Gasteiger partial charge is 0.503 e. The zero-order valence-electron chi connectivity index (χ0n) is 8.85. The molecule has 3 rings (SSSR count). The van der Waals surface area contributed by atoms with Crippen molar-refractivity contribution in [2.75, 3.05) is 6.61 Å². The number of aromatic nitrogens is 1. The molecule has 88 valence electrons. The first-order valence-electron chi connectivity index (χ1n) is 5.29. The third-order valence-corrected chi connectivity index (χ3v) is 3.94. The van der Waals surface area contributed by atoms with Crippen molar-refractivity contribution in [3.05, 3.63) is 38.6 Å². The minimum atomic E-state index is -0.396. The fourth-order valence-electron chi connectivity index (χ4n) is 2.49. The van der Waals surface area contributed by atoms with Gasteiger partial charge in [0.15, 0.2) is 5.75 Å². The van der Waals surface area contributed by atoms with Crippen LogP contribution in [-0.2, 0) is 6.54 Å². The predicted molar refractivity (Wildman–Crippen MR) is 67.4 cm³/mol. The van der Waals surface area contributed by atoms with Crippen molar-refractivity contribution in [3.63, 3.8) is 0 Å². The lowest BCUT2D eigenvalue weighted by atomic mass is 10.0. The normalized spacial score (nSPS) is 17.9. The maximum atomic E-state index is 11.8. The minimum absolute atomic E-state index is 0.0143. The van der Waals surface area contributed by atoms with Gasteiger partial charge >= 0.3 is 0 Å². The number of hydrogen-bond acceptors (Lipinski definition) is 3. The molecule has 0 amide bonds. The summed E-state index contributed by atoms with van der Waals surface area (Å²) in [4.78, 5) is 11.8. The molecule has 1 atom stereocenters. The van der Waals surface area contributed by atoms with Crippen LogP contribution in [0.5, 0.6) is 5.75 Å². The number of hydrogen-bond donors (Lipinski definition) is 2. The van der Waals surface area contributed by atoms with Gasteiger partial charge in [-0.25, -0.2) is 0 Å². The smallest absolute Gasteiger partial charge is 0.293 e. The number of aromatic hydroxyl groups is 1. The molecule has 0 saturated heterocycles. The number of halogens is 1. The van der Waals surface area contributed by atoms with Gasteiger partial charge in [0.2, 0.25) is 0 Å². The van der Waals surface area contributed by atoms with E-state index in [1.54, 1.807) is 0 Å². The van der Waals surface area contributed by atoms with Crippen LogP contribution in [0.2, 0.25) is 0 Å². The Balaban J connectivity index is 2.50. The van der Waals surface area contributed by atoms with Gasteiger partial charge < -0.3 is 14.8 Å². The number of pyridine rings is 1. The Morgan fingerprint density at radius 1 is 1.47 bits per heavy atom. The standard InChI is InChI=1S/C12H10BrNO3/c13-8-2-1-6-3-9(16)12(17)14-4-7(5-15)10(8)11(6)14/h1-3,7,15-16H,4-5H2. The van der Waals surface area contributed by atoms with Gasteiger partial charge in [-0.2, -0.15) is 0 Å². The van der Waals surface area contributed by atoms with E-state index in [4.69, 9.17) is 0 Å². The second-order valence-corrected chi connectivity index (χ2v) is 5.08. The topological polar surface area (TPSA) is 62.5 Å². The summed E-state index contributed by atoms with van der Waals surface area (Å²) in [6, 6.07) is 5.20. The zero-order chi connectivity index (χ0) is 12.2. The van der Waals surface area contributed by atoms with Crippen molar-refractivity contribution in [3.8, 4) is 5.75 Å². The van der Waals surface area contributed by atoms with Gasteiger partial charge in [0, 0.05) is 22.3 Å². The van der Waals surface area contributed by atoms with Crippen molar-refractivity contribution in [2.45, 2.75) is 12.5 Å². The maximum Gasteiger partial charge on any atom is 0.293 e. The van der Waals surface area contributed by atoms with Gasteiger partial charge in [0.25, 0.3) is 5.56 Å². The van der Waals surface area contributed by atoms with E-state index in [9.17, 15) is 15.0 Å². The van der Waals surface area contributed by atoms with E-state index in [1.165, 1.54) is 10.6 Å². The molecule has 17 heavy (non-hydrogen) atoms. The second kappa shape index (κ2) is 3.58. The van der Waals surface area contributed by atoms with Crippen LogP contribution in [-0.4, -0.2) is 21.4 Å². The van der Waals surface area contributed by atoms with E-state index in [0.29, 0.717) is 6.54 Å². The van der Waals surface area contributed by atoms with Crippen LogP contribution in [0, 0.1) is 0 Å². The summed E-state index contributed by atoms with van der Waals surface area (Å²) in [6.07, 6.45) is 0. The molecule has 1 aromatic heterocycles. The highest BCUT2D eigenvalue weighted by Gasteiger charge is 2.27. The molecule has 2 aromatic rings. The highest BCUT2D eigenvalue weighted by Crippen LogP contribution is 2.38. The molecule has 0 spiro atoms. The van der Waals surface area contributed by atoms with Crippen molar-refractivity contribution in [1.82, 2.24) is 4.57 Å². The van der Waals surface area contributed by atoms with Gasteiger partial charge in [-0.15, -0.1) is 0 Å². The number of benzene rings is 1. The summed E-state index contributed by atoms with van der Waals surface area (Å²) in [5, 5.41) is 19.8. The third-order valence-electron chi connectivity index (χ3n) is 3.25. The average Bonchev–Trinajstić information content (AvgIpc) is 2.71. The Morgan fingerprint density at radius 3 is 2.94 bits per heavy atom. The first kappa shape index (κ1) is 10.8. The summed E-state index contributed by atoms with van der Waals surface area (Å²) in [5.74, 6) is -0.341. The van der Waals surface area contributed by atoms with Crippen molar-refractivity contribution < 1.29 is 10.2 Å². The van der Waals surface area contributed by atoms with Gasteiger partial charge in [0.05, 0.1) is 12.1 Å². The average molecular weight is 296 g/mol. The molecule has 5 heteroatoms. The molecular formula is C12H10BrNO3. The van der Waals surface area contributed by atoms with Crippen molar-refractivity contribution in [2.24, 2.45) is 0 Å². The maximum absolute atomic E-state index is 11.8. The molecule has 2 heterocycles. The van der Waals surface area contributed by atoms with Gasteiger partial charge in [0.1, 0.15) is 0 Å². The fourth-order valence-corrected chi connectivity index (χ4v) is 3.13. The number of rotatable bonds is 1. The Kier molecular flexibility index (Phi) is 2.27. The van der Waals surface area contributed by atoms with Crippen LogP contribution in [0.25, 0.3) is 10.9 Å². The molecular weight excluding hydrogens is 286 g/mol. The van der Waals surface area contributed by atoms with Gasteiger partial charge in [-0.1, -0.05) is 22.0 Å². The molecule has 0 radical (unpaired) electrons. The lowest BCUT2D eigenvalue weighted by Gasteiger charge is -2.08. The fraction of sp³-hybridized carbons (Fsp3) is 0.250. The Bertz CT molecular complexity index is 677. The molecule has 1 aliphatic rings. The summed E-state index contributed by atoms with van der Waals surface area (Å²) < 4.78 is 2.42. The monoisotopic (exact) mass is 295 g/mol. The zero-order valence-corrected chi connectivity index (χ0v) is 10.4. The molecule has 0 fully saturated rings. The van der Waals surface area contributed by atoms with E-state index in [-0.39, 0.29) is 18.3 Å². The van der Waals surface area contributed by atoms with Crippen molar-refractivity contribution in [1.29, 1.82) is 0 Å². The summed E-state index contributed by atoms with van der Waals surface area (Å²) in [7, 11) is 0. The number of aliphatic hydroxyl groups excluding tert-OH is 1. The highest BCUT2D eigenvalue weighted by atomic mass is 79.9. The van der Waals surface area contributed by atoms with E-state index in [0.717, 1.165) is 20.9 Å². The quantitative estimate of drug-likeness (QED) is 0.839. The molecule has 0 bridgehead atoms. The second-order valence-electron chi connectivity index (χ2n) is 4.22. The van der Waals surface area contributed by atoms with Crippen LogP contribution < -0.4 is 5.56 Å². The lowest BCUT2D eigenvalue weighted by Crippen LogP contribution is -2.18. The summed E-state index contributed by atoms with van der Waals surface area (Å²) in [6.45, 7) is 0.401. The van der Waals surface area contributed by atoms with Gasteiger partial charge in [-0.3, -0.25) is 4.79 Å². The van der Waals surface area contributed by atoms with E-state index < -0.39 is 5.56 Å². The molecule has 2 N–H and O–H groups in total. The molecule has 1 aliphatic heterocycles. The van der Waals surface area contributed by atoms with E-state index >= 15 is 0 Å².